The largest absolute Gasteiger partial charge is 0.497 e. The lowest BCUT2D eigenvalue weighted by atomic mass is 10.1. The lowest BCUT2D eigenvalue weighted by Gasteiger charge is -2.21. The summed E-state index contributed by atoms with van der Waals surface area (Å²) in [6.45, 7) is 1.59. The zero-order chi connectivity index (χ0) is 19.2. The molecule has 1 saturated carbocycles. The van der Waals surface area contributed by atoms with Gasteiger partial charge in [0.25, 0.3) is 5.91 Å². The van der Waals surface area contributed by atoms with Gasteiger partial charge in [0.15, 0.2) is 6.10 Å². The monoisotopic (exact) mass is 369 g/mol. The molecule has 0 aliphatic heterocycles. The van der Waals surface area contributed by atoms with E-state index in [1.165, 1.54) is 0 Å². The molecule has 0 heterocycles. The molecule has 2 atom stereocenters. The van der Waals surface area contributed by atoms with Crippen molar-refractivity contribution in [3.63, 3.8) is 0 Å². The molecular weight excluding hydrogens is 346 g/mol. The van der Waals surface area contributed by atoms with Crippen molar-refractivity contribution in [3.8, 4) is 11.5 Å². The number of esters is 1. The highest BCUT2D eigenvalue weighted by Crippen LogP contribution is 2.24. The molecule has 2 aromatic carbocycles. The minimum atomic E-state index is -0.999. The summed E-state index contributed by atoms with van der Waals surface area (Å²) >= 11 is 0. The first-order chi connectivity index (χ1) is 13.1. The van der Waals surface area contributed by atoms with Crippen LogP contribution in [0.2, 0.25) is 0 Å². The van der Waals surface area contributed by atoms with Crippen LogP contribution in [-0.4, -0.2) is 31.1 Å². The van der Waals surface area contributed by atoms with Crippen molar-refractivity contribution in [2.45, 2.75) is 38.0 Å². The standard InChI is InChI=1S/C21H23NO5/c1-14(26-18-12-10-17(25-2)11-13-18)21(24)27-19(15-6-4-3-5-7-15)20(23)22-16-8-9-16/h3-7,10-14,16,19H,8-9H2,1-2H3,(H,22,23)/t14-,19-/m0/s1. The summed E-state index contributed by atoms with van der Waals surface area (Å²) in [6, 6.07) is 16.0. The minimum Gasteiger partial charge on any atom is -0.497 e. The Morgan fingerprint density at radius 3 is 2.22 bits per heavy atom. The Morgan fingerprint density at radius 2 is 1.63 bits per heavy atom. The Hall–Kier alpha value is -3.02. The van der Waals surface area contributed by atoms with Crippen LogP contribution in [0.25, 0.3) is 0 Å². The van der Waals surface area contributed by atoms with Crippen LogP contribution in [-0.2, 0) is 14.3 Å². The van der Waals surface area contributed by atoms with Crippen molar-refractivity contribution in [2.24, 2.45) is 0 Å². The Balaban J connectivity index is 1.66. The van der Waals surface area contributed by atoms with Gasteiger partial charge in [-0.15, -0.1) is 0 Å². The fraction of sp³-hybridized carbons (Fsp3) is 0.333. The zero-order valence-electron chi connectivity index (χ0n) is 15.4. The quantitative estimate of drug-likeness (QED) is 0.724. The Labute approximate surface area is 158 Å². The maximum atomic E-state index is 12.5. The van der Waals surface area contributed by atoms with Crippen molar-refractivity contribution >= 4 is 11.9 Å². The van der Waals surface area contributed by atoms with Gasteiger partial charge in [-0.05, 0) is 44.0 Å². The average Bonchev–Trinajstić information content (AvgIpc) is 3.51. The molecule has 6 nitrogen and oxygen atoms in total. The van der Waals surface area contributed by atoms with Crippen LogP contribution in [0.4, 0.5) is 0 Å². The molecule has 0 aromatic heterocycles. The van der Waals surface area contributed by atoms with Crippen LogP contribution < -0.4 is 14.8 Å². The molecule has 2 aromatic rings. The lowest BCUT2D eigenvalue weighted by Crippen LogP contribution is -2.36. The van der Waals surface area contributed by atoms with E-state index >= 15 is 0 Å². The van der Waals surface area contributed by atoms with Crippen molar-refractivity contribution in [1.82, 2.24) is 5.32 Å². The van der Waals surface area contributed by atoms with Crippen molar-refractivity contribution in [3.05, 3.63) is 60.2 Å². The van der Waals surface area contributed by atoms with Crippen LogP contribution in [0.5, 0.6) is 11.5 Å². The maximum Gasteiger partial charge on any atom is 0.348 e. The van der Waals surface area contributed by atoms with E-state index < -0.39 is 18.2 Å². The number of rotatable bonds is 8. The van der Waals surface area contributed by atoms with Crippen molar-refractivity contribution < 1.29 is 23.8 Å². The third-order valence-corrected chi connectivity index (χ3v) is 4.20. The number of ether oxygens (including phenoxy) is 3. The van der Waals surface area contributed by atoms with E-state index in [0.717, 1.165) is 12.8 Å². The average molecular weight is 369 g/mol. The topological polar surface area (TPSA) is 73.9 Å². The number of benzene rings is 2. The number of carbonyl (C=O) groups excluding carboxylic acids is 2. The Kier molecular flexibility index (Phi) is 5.96. The first-order valence-electron chi connectivity index (χ1n) is 8.93. The van der Waals surface area contributed by atoms with Gasteiger partial charge in [0, 0.05) is 11.6 Å². The molecule has 0 saturated heterocycles. The fourth-order valence-corrected chi connectivity index (χ4v) is 2.52. The van der Waals surface area contributed by atoms with Gasteiger partial charge >= 0.3 is 5.97 Å². The molecule has 3 rings (SSSR count). The van der Waals surface area contributed by atoms with Crippen LogP contribution in [0.1, 0.15) is 31.4 Å². The lowest BCUT2D eigenvalue weighted by molar-refractivity contribution is -0.162. The SMILES string of the molecule is COc1ccc(O[C@@H](C)C(=O)O[C@H](C(=O)NC2CC2)c2ccccc2)cc1. The third kappa shape index (κ3) is 5.23. The van der Waals surface area contributed by atoms with Gasteiger partial charge in [0.1, 0.15) is 11.5 Å². The van der Waals surface area contributed by atoms with E-state index in [4.69, 9.17) is 14.2 Å². The Bertz CT molecular complexity index is 771. The summed E-state index contributed by atoms with van der Waals surface area (Å²) < 4.78 is 16.2. The number of hydrogen-bond donors (Lipinski definition) is 1. The summed E-state index contributed by atoms with van der Waals surface area (Å²) in [5.41, 5.74) is 0.626. The molecule has 6 heteroatoms. The van der Waals surface area contributed by atoms with Gasteiger partial charge < -0.3 is 19.5 Å². The molecule has 1 aliphatic rings. The van der Waals surface area contributed by atoms with Gasteiger partial charge in [-0.3, -0.25) is 4.79 Å². The third-order valence-electron chi connectivity index (χ3n) is 4.20. The number of carbonyl (C=O) groups is 2. The first-order valence-corrected chi connectivity index (χ1v) is 8.93. The van der Waals surface area contributed by atoms with E-state index in [1.807, 2.05) is 6.07 Å². The van der Waals surface area contributed by atoms with Gasteiger partial charge in [-0.2, -0.15) is 0 Å². The molecule has 0 radical (unpaired) electrons. The molecular formula is C21H23NO5. The molecule has 27 heavy (non-hydrogen) atoms. The molecule has 1 amide bonds. The zero-order valence-corrected chi connectivity index (χ0v) is 15.4. The van der Waals surface area contributed by atoms with E-state index in [0.29, 0.717) is 17.1 Å². The second-order valence-corrected chi connectivity index (χ2v) is 6.45. The summed E-state index contributed by atoms with van der Waals surface area (Å²) in [4.78, 5) is 25.0. The van der Waals surface area contributed by atoms with E-state index in [2.05, 4.69) is 5.32 Å². The molecule has 142 valence electrons. The molecule has 1 N–H and O–H groups in total. The first kappa shape index (κ1) is 18.8. The number of hydrogen-bond acceptors (Lipinski definition) is 5. The van der Waals surface area contributed by atoms with Crippen LogP contribution in [0, 0.1) is 0 Å². The van der Waals surface area contributed by atoms with Gasteiger partial charge in [-0.1, -0.05) is 30.3 Å². The van der Waals surface area contributed by atoms with Crippen molar-refractivity contribution in [1.29, 1.82) is 0 Å². The number of amides is 1. The van der Waals surface area contributed by atoms with Gasteiger partial charge in [-0.25, -0.2) is 4.79 Å². The fourth-order valence-electron chi connectivity index (χ4n) is 2.52. The molecule has 1 fully saturated rings. The van der Waals surface area contributed by atoms with E-state index in [-0.39, 0.29) is 11.9 Å². The highest BCUT2D eigenvalue weighted by molar-refractivity contribution is 5.86. The predicted molar refractivity (Wildman–Crippen MR) is 99.5 cm³/mol. The Morgan fingerprint density at radius 1 is 1.00 bits per heavy atom. The second kappa shape index (κ2) is 8.58. The minimum absolute atomic E-state index is 0.176. The number of nitrogens with one attached hydrogen (secondary N) is 1. The maximum absolute atomic E-state index is 12.5. The number of methoxy groups -OCH3 is 1. The predicted octanol–water partition coefficient (Wildman–Crippen LogP) is 3.03. The van der Waals surface area contributed by atoms with Crippen LogP contribution >= 0.6 is 0 Å². The molecule has 0 spiro atoms. The van der Waals surface area contributed by atoms with Gasteiger partial charge in [0.2, 0.25) is 6.10 Å². The summed E-state index contributed by atoms with van der Waals surface area (Å²) in [7, 11) is 1.58. The van der Waals surface area contributed by atoms with Gasteiger partial charge in [0.05, 0.1) is 7.11 Å². The second-order valence-electron chi connectivity index (χ2n) is 6.45. The normalized spacial score (nSPS) is 15.3. The summed E-state index contributed by atoms with van der Waals surface area (Å²) in [6.07, 6.45) is 0.0515. The summed E-state index contributed by atoms with van der Waals surface area (Å²) in [5.74, 6) is 0.289. The highest BCUT2D eigenvalue weighted by Gasteiger charge is 2.32. The van der Waals surface area contributed by atoms with Crippen molar-refractivity contribution in [2.75, 3.05) is 7.11 Å². The molecule has 0 bridgehead atoms. The van der Waals surface area contributed by atoms with E-state index in [9.17, 15) is 9.59 Å². The smallest absolute Gasteiger partial charge is 0.348 e. The van der Waals surface area contributed by atoms with E-state index in [1.54, 1.807) is 62.6 Å². The highest BCUT2D eigenvalue weighted by atomic mass is 16.6. The molecule has 0 unspecified atom stereocenters. The van der Waals surface area contributed by atoms with Crippen LogP contribution in [0.3, 0.4) is 0 Å². The van der Waals surface area contributed by atoms with Crippen LogP contribution in [0.15, 0.2) is 54.6 Å². The molecule has 1 aliphatic carbocycles. The summed E-state index contributed by atoms with van der Waals surface area (Å²) in [5, 5.41) is 2.89.